The van der Waals surface area contributed by atoms with E-state index in [9.17, 15) is 18.0 Å². The van der Waals surface area contributed by atoms with E-state index >= 15 is 0 Å². The van der Waals surface area contributed by atoms with Gasteiger partial charge < -0.3 is 9.47 Å². The van der Waals surface area contributed by atoms with Crippen LogP contribution in [0.4, 0.5) is 13.2 Å². The van der Waals surface area contributed by atoms with Crippen LogP contribution in [0.5, 0.6) is 5.75 Å². The molecule has 0 radical (unpaired) electrons. The molecule has 1 aromatic carbocycles. The summed E-state index contributed by atoms with van der Waals surface area (Å²) in [4.78, 5) is 16.0. The maximum atomic E-state index is 12.1. The van der Waals surface area contributed by atoms with Gasteiger partial charge in [-0.25, -0.2) is 9.78 Å². The number of halogens is 4. The third kappa shape index (κ3) is 3.94. The first-order valence-corrected chi connectivity index (χ1v) is 7.02. The van der Waals surface area contributed by atoms with E-state index in [1.165, 1.54) is 19.2 Å². The summed E-state index contributed by atoms with van der Waals surface area (Å²) in [5.41, 5.74) is 0.809. The minimum Gasteiger partial charge on any atom is -0.465 e. The number of hydrogen-bond acceptors (Lipinski definition) is 5. The molecule has 0 N–H and O–H groups in total. The zero-order chi connectivity index (χ0) is 15.6. The molecule has 21 heavy (non-hydrogen) atoms. The summed E-state index contributed by atoms with van der Waals surface area (Å²) in [5, 5.41) is 0. The number of rotatable bonds is 3. The van der Waals surface area contributed by atoms with Gasteiger partial charge in [0.15, 0.2) is 3.92 Å². The van der Waals surface area contributed by atoms with E-state index in [-0.39, 0.29) is 10.6 Å². The Kier molecular flexibility index (Phi) is 4.52. The zero-order valence-corrected chi connectivity index (χ0v) is 12.8. The number of methoxy groups -OCH3 is 1. The number of carbonyl (C=O) groups is 1. The molecular weight excluding hydrogens is 375 g/mol. The van der Waals surface area contributed by atoms with Gasteiger partial charge in [-0.05, 0) is 40.2 Å². The highest BCUT2D eigenvalue weighted by molar-refractivity contribution is 9.11. The summed E-state index contributed by atoms with van der Waals surface area (Å²) >= 11 is 4.23. The fraction of sp³-hybridized carbons (Fsp3) is 0.167. The molecule has 0 aliphatic rings. The fourth-order valence-corrected chi connectivity index (χ4v) is 2.93. The van der Waals surface area contributed by atoms with Crippen molar-refractivity contribution < 1.29 is 27.4 Å². The lowest BCUT2D eigenvalue weighted by molar-refractivity contribution is -0.274. The van der Waals surface area contributed by atoms with E-state index < -0.39 is 12.3 Å². The second kappa shape index (κ2) is 6.02. The van der Waals surface area contributed by atoms with Crippen LogP contribution in [0.2, 0.25) is 0 Å². The van der Waals surface area contributed by atoms with Gasteiger partial charge in [0.05, 0.1) is 12.8 Å². The zero-order valence-electron chi connectivity index (χ0n) is 10.4. The number of thiazole rings is 1. The Bertz CT molecular complexity index is 655. The molecule has 1 aromatic heterocycles. The molecule has 0 fully saturated rings. The number of alkyl halides is 3. The Morgan fingerprint density at radius 1 is 1.29 bits per heavy atom. The van der Waals surface area contributed by atoms with Gasteiger partial charge in [-0.1, -0.05) is 11.3 Å². The van der Waals surface area contributed by atoms with E-state index in [0.717, 1.165) is 23.5 Å². The van der Waals surface area contributed by atoms with Crippen molar-refractivity contribution >= 4 is 33.2 Å². The summed E-state index contributed by atoms with van der Waals surface area (Å²) in [5.74, 6) is -0.913. The highest BCUT2D eigenvalue weighted by Crippen LogP contribution is 2.33. The number of aromatic nitrogens is 1. The Morgan fingerprint density at radius 2 is 1.90 bits per heavy atom. The topological polar surface area (TPSA) is 48.4 Å². The van der Waals surface area contributed by atoms with Crippen molar-refractivity contribution in [3.05, 3.63) is 33.1 Å². The maximum Gasteiger partial charge on any atom is 0.573 e. The Hall–Kier alpha value is -1.61. The van der Waals surface area contributed by atoms with Gasteiger partial charge in [0.25, 0.3) is 0 Å². The second-order valence-corrected chi connectivity index (χ2v) is 5.98. The molecule has 1 heterocycles. The van der Waals surface area contributed by atoms with E-state index in [1.54, 1.807) is 0 Å². The number of benzene rings is 1. The van der Waals surface area contributed by atoms with Crippen molar-refractivity contribution in [2.45, 2.75) is 6.36 Å². The molecule has 0 spiro atoms. The number of carbonyl (C=O) groups excluding carboxylic acids is 1. The third-order valence-corrected chi connectivity index (χ3v) is 3.82. The first kappa shape index (κ1) is 15.8. The standard InChI is InChI=1S/C12H7BrF3NO3S/c1-19-10(18)9-8(17-11(13)21-9)6-2-4-7(5-3-6)20-12(14,15)16/h2-5H,1H3. The molecule has 0 aliphatic heterocycles. The molecule has 4 nitrogen and oxygen atoms in total. The highest BCUT2D eigenvalue weighted by Gasteiger charge is 2.31. The predicted molar refractivity (Wildman–Crippen MR) is 73.3 cm³/mol. The van der Waals surface area contributed by atoms with E-state index in [2.05, 4.69) is 30.4 Å². The van der Waals surface area contributed by atoms with Gasteiger partial charge in [-0.3, -0.25) is 0 Å². The van der Waals surface area contributed by atoms with E-state index in [4.69, 9.17) is 0 Å². The van der Waals surface area contributed by atoms with Crippen molar-refractivity contribution in [2.75, 3.05) is 7.11 Å². The van der Waals surface area contributed by atoms with Crippen LogP contribution in [0.15, 0.2) is 28.2 Å². The lowest BCUT2D eigenvalue weighted by atomic mass is 10.1. The molecule has 2 aromatic rings. The molecule has 0 amide bonds. The first-order chi connectivity index (χ1) is 9.80. The predicted octanol–water partition coefficient (Wildman–Crippen LogP) is 4.26. The Balaban J connectivity index is 2.33. The molecule has 112 valence electrons. The molecule has 0 bridgehead atoms. The molecule has 0 aliphatic carbocycles. The van der Waals surface area contributed by atoms with Gasteiger partial charge in [0.2, 0.25) is 0 Å². The minimum atomic E-state index is -4.75. The van der Waals surface area contributed by atoms with Crippen LogP contribution in [-0.2, 0) is 4.74 Å². The molecule has 2 rings (SSSR count). The minimum absolute atomic E-state index is 0.258. The van der Waals surface area contributed by atoms with Crippen LogP contribution in [-0.4, -0.2) is 24.4 Å². The summed E-state index contributed by atoms with van der Waals surface area (Å²) in [6, 6.07) is 5.07. The molecule has 9 heteroatoms. The second-order valence-electron chi connectivity index (χ2n) is 3.71. The van der Waals surface area contributed by atoms with Crippen LogP contribution in [0.3, 0.4) is 0 Å². The Labute approximate surface area is 129 Å². The van der Waals surface area contributed by atoms with Gasteiger partial charge in [0.1, 0.15) is 10.6 Å². The van der Waals surface area contributed by atoms with Crippen LogP contribution in [0.1, 0.15) is 9.67 Å². The summed E-state index contributed by atoms with van der Waals surface area (Å²) in [6.07, 6.45) is -4.75. The average molecular weight is 382 g/mol. The van der Waals surface area contributed by atoms with Crippen LogP contribution >= 0.6 is 27.3 Å². The van der Waals surface area contributed by atoms with Gasteiger partial charge in [-0.15, -0.1) is 13.2 Å². The molecule has 0 saturated heterocycles. The van der Waals surface area contributed by atoms with Crippen molar-refractivity contribution in [1.29, 1.82) is 0 Å². The quantitative estimate of drug-likeness (QED) is 0.745. The smallest absolute Gasteiger partial charge is 0.465 e. The van der Waals surface area contributed by atoms with E-state index in [0.29, 0.717) is 15.2 Å². The summed E-state index contributed by atoms with van der Waals surface area (Å²) < 4.78 is 45.1. The van der Waals surface area contributed by atoms with Crippen molar-refractivity contribution in [1.82, 2.24) is 4.98 Å². The molecule has 0 atom stereocenters. The molecular formula is C12H7BrF3NO3S. The van der Waals surface area contributed by atoms with Gasteiger partial charge in [-0.2, -0.15) is 0 Å². The van der Waals surface area contributed by atoms with Crippen LogP contribution in [0, 0.1) is 0 Å². The largest absolute Gasteiger partial charge is 0.573 e. The highest BCUT2D eigenvalue weighted by atomic mass is 79.9. The number of esters is 1. The average Bonchev–Trinajstić information content (AvgIpc) is 2.79. The summed E-state index contributed by atoms with van der Waals surface area (Å²) in [7, 11) is 1.24. The lowest BCUT2D eigenvalue weighted by Gasteiger charge is -2.09. The SMILES string of the molecule is COC(=O)c1sc(Br)nc1-c1ccc(OC(F)(F)F)cc1. The normalized spacial score (nSPS) is 11.3. The summed E-state index contributed by atoms with van der Waals surface area (Å²) in [6.45, 7) is 0. The fourth-order valence-electron chi connectivity index (χ4n) is 1.54. The number of nitrogens with zero attached hydrogens (tertiary/aromatic N) is 1. The molecule has 0 saturated carbocycles. The van der Waals surface area contributed by atoms with Crippen molar-refractivity contribution in [2.24, 2.45) is 0 Å². The Morgan fingerprint density at radius 3 is 2.43 bits per heavy atom. The number of ether oxygens (including phenoxy) is 2. The van der Waals surface area contributed by atoms with Crippen molar-refractivity contribution in [3.8, 4) is 17.0 Å². The van der Waals surface area contributed by atoms with Gasteiger partial charge >= 0.3 is 12.3 Å². The molecule has 0 unspecified atom stereocenters. The first-order valence-electron chi connectivity index (χ1n) is 5.41. The van der Waals surface area contributed by atoms with Crippen molar-refractivity contribution in [3.63, 3.8) is 0 Å². The third-order valence-electron chi connectivity index (χ3n) is 2.33. The number of hydrogen-bond donors (Lipinski definition) is 0. The lowest BCUT2D eigenvalue weighted by Crippen LogP contribution is -2.16. The van der Waals surface area contributed by atoms with Gasteiger partial charge in [0, 0.05) is 5.56 Å². The van der Waals surface area contributed by atoms with Crippen LogP contribution < -0.4 is 4.74 Å². The van der Waals surface area contributed by atoms with E-state index in [1.807, 2.05) is 0 Å². The maximum absolute atomic E-state index is 12.1. The monoisotopic (exact) mass is 381 g/mol. The van der Waals surface area contributed by atoms with Crippen LogP contribution in [0.25, 0.3) is 11.3 Å².